The van der Waals surface area contributed by atoms with Crippen molar-refractivity contribution in [2.24, 2.45) is 0 Å². The molecule has 0 radical (unpaired) electrons. The van der Waals surface area contributed by atoms with Gasteiger partial charge in [0.15, 0.2) is 11.5 Å². The number of ether oxygens (including phenoxy) is 2. The number of fused-ring (bicyclic) bond motifs is 3. The topological polar surface area (TPSA) is 104 Å². The van der Waals surface area contributed by atoms with Gasteiger partial charge >= 0.3 is 0 Å². The van der Waals surface area contributed by atoms with Crippen molar-refractivity contribution >= 4 is 40.8 Å². The highest BCUT2D eigenvalue weighted by Crippen LogP contribution is 2.32. The molecular weight excluding hydrogens is 504 g/mol. The number of H-pyrrole nitrogens is 1. The smallest absolute Gasteiger partial charge is 0.247 e. The predicted octanol–water partition coefficient (Wildman–Crippen LogP) is 3.74. The highest BCUT2D eigenvalue weighted by atomic mass is 35.5. The molecule has 4 N–H and O–H groups in total. The van der Waals surface area contributed by atoms with Crippen LogP contribution in [0.1, 0.15) is 16.7 Å². The highest BCUT2D eigenvalue weighted by Gasteiger charge is 2.29. The van der Waals surface area contributed by atoms with Gasteiger partial charge < -0.3 is 30.4 Å². The summed E-state index contributed by atoms with van der Waals surface area (Å²) in [6.07, 6.45) is 2.82. The molecule has 196 valence electrons. The van der Waals surface area contributed by atoms with Crippen molar-refractivity contribution < 1.29 is 19.1 Å². The van der Waals surface area contributed by atoms with E-state index in [1.807, 2.05) is 42.6 Å². The van der Waals surface area contributed by atoms with Gasteiger partial charge in [-0.3, -0.25) is 9.59 Å². The maximum Gasteiger partial charge on any atom is 0.247 e. The Balaban J connectivity index is 0.00000294. The monoisotopic (exact) mass is 532 g/mol. The number of anilines is 1. The number of benzene rings is 3. The van der Waals surface area contributed by atoms with Gasteiger partial charge in [-0.05, 0) is 41.3 Å². The van der Waals surface area contributed by atoms with Crippen LogP contribution in [0.5, 0.6) is 11.5 Å². The molecule has 0 fully saturated rings. The Morgan fingerprint density at radius 3 is 2.58 bits per heavy atom. The van der Waals surface area contributed by atoms with Crippen LogP contribution < -0.4 is 25.4 Å². The van der Waals surface area contributed by atoms with Crippen LogP contribution in [-0.4, -0.2) is 42.1 Å². The van der Waals surface area contributed by atoms with Crippen LogP contribution in [0.25, 0.3) is 10.9 Å². The third kappa shape index (κ3) is 5.32. The number of halogens is 1. The van der Waals surface area contributed by atoms with Gasteiger partial charge in [-0.15, -0.1) is 12.4 Å². The number of aromatic amines is 1. The van der Waals surface area contributed by atoms with Gasteiger partial charge in [-0.25, -0.2) is 0 Å². The van der Waals surface area contributed by atoms with Crippen LogP contribution in [0, 0.1) is 0 Å². The minimum absolute atomic E-state index is 0. The van der Waals surface area contributed by atoms with E-state index in [1.54, 1.807) is 18.2 Å². The van der Waals surface area contributed by atoms with E-state index >= 15 is 0 Å². The third-order valence-electron chi connectivity index (χ3n) is 6.94. The minimum Gasteiger partial charge on any atom is -0.486 e. The Morgan fingerprint density at radius 1 is 0.947 bits per heavy atom. The van der Waals surface area contributed by atoms with Gasteiger partial charge in [0.1, 0.15) is 19.3 Å². The van der Waals surface area contributed by atoms with E-state index in [-0.39, 0.29) is 24.2 Å². The zero-order valence-corrected chi connectivity index (χ0v) is 21.5. The molecule has 9 heteroatoms. The lowest BCUT2D eigenvalue weighted by atomic mass is 9.95. The van der Waals surface area contributed by atoms with Gasteiger partial charge in [0.05, 0.1) is 6.04 Å². The van der Waals surface area contributed by atoms with E-state index in [0.717, 1.165) is 22.0 Å². The lowest BCUT2D eigenvalue weighted by Gasteiger charge is -2.27. The molecule has 4 aromatic rings. The van der Waals surface area contributed by atoms with Gasteiger partial charge in [-0.2, -0.15) is 0 Å². The van der Waals surface area contributed by atoms with Gasteiger partial charge in [0, 0.05) is 41.8 Å². The van der Waals surface area contributed by atoms with Crippen molar-refractivity contribution in [1.29, 1.82) is 0 Å². The minimum atomic E-state index is -0.779. The Morgan fingerprint density at radius 2 is 1.71 bits per heavy atom. The summed E-state index contributed by atoms with van der Waals surface area (Å²) in [5, 5.41) is 10.3. The summed E-state index contributed by atoms with van der Waals surface area (Å²) in [5.41, 5.74) is 4.87. The summed E-state index contributed by atoms with van der Waals surface area (Å²) in [7, 11) is 0. The number of hydrogen-bond acceptors (Lipinski definition) is 5. The second kappa shape index (κ2) is 11.2. The molecule has 0 spiro atoms. The number of para-hydroxylation sites is 1. The number of nitrogens with one attached hydrogen (secondary N) is 4. The maximum atomic E-state index is 13.5. The van der Waals surface area contributed by atoms with E-state index in [0.29, 0.717) is 49.8 Å². The van der Waals surface area contributed by atoms with Gasteiger partial charge in [0.25, 0.3) is 0 Å². The molecule has 2 aliphatic rings. The Hall–Kier alpha value is -4.01. The largest absolute Gasteiger partial charge is 0.486 e. The first-order valence-corrected chi connectivity index (χ1v) is 12.5. The maximum absolute atomic E-state index is 13.5. The molecule has 3 aromatic carbocycles. The Bertz CT molecular complexity index is 1470. The predicted molar refractivity (Wildman–Crippen MR) is 148 cm³/mol. The van der Waals surface area contributed by atoms with Crippen LogP contribution in [0.15, 0.2) is 72.9 Å². The SMILES string of the molecule is Cl.O=C(NC(Cc1c[nH]c2ccccc12)C(=O)Nc1ccc2c(c1)OCCO2)C1Cc2ccccc2CN1. The standard InChI is InChI=1S/C29H28N4O4.ClH/c34-28(24-13-18-5-1-2-6-19(18)16-31-24)33-25(14-20-17-30-23-8-4-3-7-22(20)23)29(35)32-21-9-10-26-27(15-21)37-12-11-36-26;/h1-10,15,17,24-25,30-31H,11-14,16H2,(H,32,35)(H,33,34);1H. The van der Waals surface area contributed by atoms with Crippen molar-refractivity contribution in [2.45, 2.75) is 31.5 Å². The fourth-order valence-electron chi connectivity index (χ4n) is 4.99. The number of rotatable bonds is 6. The summed E-state index contributed by atoms with van der Waals surface area (Å²) in [6, 6.07) is 20.1. The number of carbonyl (C=O) groups excluding carboxylic acids is 2. The van der Waals surface area contributed by atoms with Gasteiger partial charge in [-0.1, -0.05) is 42.5 Å². The molecule has 0 saturated carbocycles. The lowest BCUT2D eigenvalue weighted by Crippen LogP contribution is -2.53. The average Bonchev–Trinajstić information content (AvgIpc) is 3.35. The zero-order valence-electron chi connectivity index (χ0n) is 20.7. The molecule has 2 unspecified atom stereocenters. The average molecular weight is 533 g/mol. The van der Waals surface area contributed by atoms with E-state index in [1.165, 1.54) is 5.56 Å². The second-order valence-electron chi connectivity index (χ2n) is 9.38. The number of carbonyl (C=O) groups is 2. The number of amides is 2. The Kier molecular flexibility index (Phi) is 7.53. The summed E-state index contributed by atoms with van der Waals surface area (Å²) in [6.45, 7) is 1.57. The highest BCUT2D eigenvalue weighted by molar-refractivity contribution is 5.99. The van der Waals surface area contributed by atoms with Crippen LogP contribution in [-0.2, 0) is 29.0 Å². The summed E-state index contributed by atoms with van der Waals surface area (Å²) in [5.74, 6) is 0.742. The first-order valence-electron chi connectivity index (χ1n) is 12.5. The van der Waals surface area contributed by atoms with Crippen LogP contribution in [0.3, 0.4) is 0 Å². The zero-order chi connectivity index (χ0) is 25.2. The molecule has 1 aromatic heterocycles. The molecule has 2 amide bonds. The van der Waals surface area contributed by atoms with Crippen molar-refractivity contribution in [2.75, 3.05) is 18.5 Å². The van der Waals surface area contributed by atoms with Crippen molar-refractivity contribution in [1.82, 2.24) is 15.6 Å². The molecule has 2 aliphatic heterocycles. The second-order valence-corrected chi connectivity index (χ2v) is 9.38. The van der Waals surface area contributed by atoms with Crippen molar-refractivity contribution in [3.63, 3.8) is 0 Å². The molecule has 0 aliphatic carbocycles. The van der Waals surface area contributed by atoms with Crippen molar-refractivity contribution in [3.05, 3.63) is 89.6 Å². The van der Waals surface area contributed by atoms with E-state index in [9.17, 15) is 9.59 Å². The lowest BCUT2D eigenvalue weighted by molar-refractivity contribution is -0.128. The molecule has 8 nitrogen and oxygen atoms in total. The molecule has 3 heterocycles. The van der Waals surface area contributed by atoms with E-state index in [2.05, 4.69) is 33.1 Å². The molecule has 38 heavy (non-hydrogen) atoms. The molecule has 2 atom stereocenters. The summed E-state index contributed by atoms with van der Waals surface area (Å²) >= 11 is 0. The van der Waals surface area contributed by atoms with E-state index in [4.69, 9.17) is 9.47 Å². The molecule has 0 bridgehead atoms. The molecule has 6 rings (SSSR count). The normalized spacial score (nSPS) is 16.6. The van der Waals surface area contributed by atoms with E-state index < -0.39 is 12.1 Å². The van der Waals surface area contributed by atoms with Crippen LogP contribution in [0.2, 0.25) is 0 Å². The molecular formula is C29H29ClN4O4. The molecule has 0 saturated heterocycles. The first-order chi connectivity index (χ1) is 18.1. The van der Waals surface area contributed by atoms with Crippen LogP contribution >= 0.6 is 12.4 Å². The summed E-state index contributed by atoms with van der Waals surface area (Å²) < 4.78 is 11.2. The van der Waals surface area contributed by atoms with Gasteiger partial charge in [0.2, 0.25) is 11.8 Å². The first kappa shape index (κ1) is 25.6. The van der Waals surface area contributed by atoms with Crippen LogP contribution in [0.4, 0.5) is 5.69 Å². The number of hydrogen-bond donors (Lipinski definition) is 4. The fourth-order valence-corrected chi connectivity index (χ4v) is 4.99. The number of aromatic nitrogens is 1. The summed E-state index contributed by atoms with van der Waals surface area (Å²) in [4.78, 5) is 30.1. The van der Waals surface area contributed by atoms with Crippen molar-refractivity contribution in [3.8, 4) is 11.5 Å². The fraction of sp³-hybridized carbons (Fsp3) is 0.241. The third-order valence-corrected chi connectivity index (χ3v) is 6.94. The quantitative estimate of drug-likeness (QED) is 0.303. The Labute approximate surface area is 226 Å².